The van der Waals surface area contributed by atoms with Crippen LogP contribution in [-0.4, -0.2) is 48.4 Å². The third-order valence-electron chi connectivity index (χ3n) is 4.54. The molecule has 0 saturated carbocycles. The van der Waals surface area contributed by atoms with Crippen molar-refractivity contribution in [3.63, 3.8) is 0 Å². The van der Waals surface area contributed by atoms with Gasteiger partial charge in [-0.05, 0) is 64.4 Å². The maximum atomic E-state index is 12.0. The lowest BCUT2D eigenvalue weighted by Crippen LogP contribution is -2.30. The number of hydrogen-bond acceptors (Lipinski definition) is 4. The normalized spacial score (nSPS) is 16.2. The van der Waals surface area contributed by atoms with Gasteiger partial charge in [0.2, 0.25) is 0 Å². The van der Waals surface area contributed by atoms with Crippen molar-refractivity contribution in [3.8, 4) is 5.75 Å². The van der Waals surface area contributed by atoms with E-state index in [1.165, 1.54) is 24.7 Å². The van der Waals surface area contributed by atoms with Gasteiger partial charge < -0.3 is 9.64 Å². The second-order valence-corrected chi connectivity index (χ2v) is 6.11. The second kappa shape index (κ2) is 7.59. The molecule has 0 aliphatic carbocycles. The minimum absolute atomic E-state index is 0.104. The topological polar surface area (TPSA) is 49.9 Å². The predicted molar refractivity (Wildman–Crippen MR) is 90.0 cm³/mol. The monoisotopic (exact) mass is 318 g/mol. The zero-order valence-corrected chi connectivity index (χ0v) is 14.5. The van der Waals surface area contributed by atoms with Gasteiger partial charge in [0.05, 0.1) is 5.56 Å². The van der Waals surface area contributed by atoms with Crippen molar-refractivity contribution in [2.75, 3.05) is 26.7 Å². The largest absolute Gasteiger partial charge is 0.414 e. The Hall–Kier alpha value is -1.88. The van der Waals surface area contributed by atoms with Gasteiger partial charge in [0.15, 0.2) is 5.78 Å². The van der Waals surface area contributed by atoms with E-state index in [4.69, 9.17) is 4.74 Å². The Morgan fingerprint density at radius 2 is 1.96 bits per heavy atom. The van der Waals surface area contributed by atoms with Gasteiger partial charge in [-0.3, -0.25) is 9.69 Å². The molecule has 5 heteroatoms. The third kappa shape index (κ3) is 4.10. The quantitative estimate of drug-likeness (QED) is 0.780. The van der Waals surface area contributed by atoms with Crippen LogP contribution in [0.25, 0.3) is 0 Å². The van der Waals surface area contributed by atoms with Gasteiger partial charge in [-0.25, -0.2) is 4.79 Å². The molecule has 126 valence electrons. The number of amides is 1. The maximum Gasteiger partial charge on any atom is 0.414 e. The van der Waals surface area contributed by atoms with E-state index in [9.17, 15) is 9.59 Å². The molecule has 1 saturated heterocycles. The number of hydrogen-bond donors (Lipinski definition) is 0. The molecule has 1 aromatic carbocycles. The van der Waals surface area contributed by atoms with Crippen LogP contribution in [0.5, 0.6) is 5.75 Å². The van der Waals surface area contributed by atoms with E-state index in [2.05, 4.69) is 11.8 Å². The van der Waals surface area contributed by atoms with E-state index in [1.54, 1.807) is 13.1 Å². The number of likely N-dealkylation sites (tertiary alicyclic amines) is 1. The second-order valence-electron chi connectivity index (χ2n) is 6.11. The predicted octanol–water partition coefficient (Wildman–Crippen LogP) is 3.50. The molecule has 1 aliphatic rings. The van der Waals surface area contributed by atoms with Crippen LogP contribution in [0.15, 0.2) is 18.2 Å². The van der Waals surface area contributed by atoms with E-state index in [0.29, 0.717) is 17.9 Å². The van der Waals surface area contributed by atoms with E-state index < -0.39 is 6.09 Å². The Morgan fingerprint density at radius 1 is 1.30 bits per heavy atom. The van der Waals surface area contributed by atoms with Crippen LogP contribution in [0.1, 0.15) is 55.6 Å². The lowest BCUT2D eigenvalue weighted by molar-refractivity contribution is 0.101. The highest BCUT2D eigenvalue weighted by Crippen LogP contribution is 2.29. The molecule has 1 fully saturated rings. The summed E-state index contributed by atoms with van der Waals surface area (Å²) < 4.78 is 5.46. The van der Waals surface area contributed by atoms with Crippen molar-refractivity contribution in [1.82, 2.24) is 9.80 Å². The summed E-state index contributed by atoms with van der Waals surface area (Å²) in [7, 11) is 1.67. The van der Waals surface area contributed by atoms with E-state index in [0.717, 1.165) is 18.7 Å². The highest BCUT2D eigenvalue weighted by atomic mass is 16.6. The molecule has 1 unspecified atom stereocenters. The Morgan fingerprint density at radius 3 is 2.52 bits per heavy atom. The average Bonchev–Trinajstić information content (AvgIpc) is 3.07. The molecular weight excluding hydrogens is 292 g/mol. The molecule has 23 heavy (non-hydrogen) atoms. The molecule has 0 N–H and O–H groups in total. The first-order chi connectivity index (χ1) is 10.9. The Labute approximate surface area is 138 Å². The standard InChI is InChI=1S/C18H26N2O3/c1-5-19(4)18(22)23-17-12-15(8-9-16(17)14(3)21)13(2)20-10-6-7-11-20/h8-9,12-13H,5-7,10-11H2,1-4H3. The number of carbonyl (C=O) groups is 2. The number of rotatable bonds is 5. The van der Waals surface area contributed by atoms with Crippen molar-refractivity contribution in [2.24, 2.45) is 0 Å². The molecular formula is C18H26N2O3. The summed E-state index contributed by atoms with van der Waals surface area (Å²) in [5.41, 5.74) is 1.51. The molecule has 2 rings (SSSR count). The maximum absolute atomic E-state index is 12.0. The Bertz CT molecular complexity index is 580. The lowest BCUT2D eigenvalue weighted by atomic mass is 10.0. The van der Waals surface area contributed by atoms with Gasteiger partial charge in [-0.1, -0.05) is 6.07 Å². The third-order valence-corrected chi connectivity index (χ3v) is 4.54. The van der Waals surface area contributed by atoms with Crippen LogP contribution < -0.4 is 4.74 Å². The average molecular weight is 318 g/mol. The fraction of sp³-hybridized carbons (Fsp3) is 0.556. The molecule has 1 aromatic rings. The number of Topliss-reactive ketones (excluding diaryl/α,β-unsaturated/α-hetero) is 1. The molecule has 5 nitrogen and oxygen atoms in total. The van der Waals surface area contributed by atoms with Gasteiger partial charge in [0.1, 0.15) is 5.75 Å². The van der Waals surface area contributed by atoms with Crippen LogP contribution in [0.2, 0.25) is 0 Å². The van der Waals surface area contributed by atoms with E-state index in [-0.39, 0.29) is 11.8 Å². The van der Waals surface area contributed by atoms with E-state index >= 15 is 0 Å². The van der Waals surface area contributed by atoms with Crippen LogP contribution in [0, 0.1) is 0 Å². The summed E-state index contributed by atoms with van der Waals surface area (Å²) in [6.07, 6.45) is 2.00. The molecule has 0 spiro atoms. The SMILES string of the molecule is CCN(C)C(=O)Oc1cc(C(C)N2CCCC2)ccc1C(C)=O. The van der Waals surface area contributed by atoms with Gasteiger partial charge in [0.25, 0.3) is 0 Å². The highest BCUT2D eigenvalue weighted by molar-refractivity contribution is 5.97. The molecule has 0 radical (unpaired) electrons. The summed E-state index contributed by atoms with van der Waals surface area (Å²) in [4.78, 5) is 27.7. The Balaban J connectivity index is 2.27. The van der Waals surface area contributed by atoms with Crippen molar-refractivity contribution in [2.45, 2.75) is 39.7 Å². The number of ether oxygens (including phenoxy) is 1. The number of ketones is 1. The van der Waals surface area contributed by atoms with Gasteiger partial charge >= 0.3 is 6.09 Å². The fourth-order valence-corrected chi connectivity index (χ4v) is 2.81. The molecule has 1 atom stereocenters. The molecule has 1 aliphatic heterocycles. The van der Waals surface area contributed by atoms with Crippen LogP contribution >= 0.6 is 0 Å². The summed E-state index contributed by atoms with van der Waals surface area (Å²) in [5.74, 6) is 0.249. The summed E-state index contributed by atoms with van der Waals surface area (Å²) in [6.45, 7) is 8.24. The minimum atomic E-state index is -0.444. The number of nitrogens with zero attached hydrogens (tertiary/aromatic N) is 2. The Kier molecular flexibility index (Phi) is 5.77. The van der Waals surface area contributed by atoms with Crippen molar-refractivity contribution in [3.05, 3.63) is 29.3 Å². The van der Waals surface area contributed by atoms with Gasteiger partial charge in [0, 0.05) is 19.6 Å². The summed E-state index contributed by atoms with van der Waals surface area (Å²) >= 11 is 0. The van der Waals surface area contributed by atoms with Crippen LogP contribution in [0.4, 0.5) is 4.79 Å². The van der Waals surface area contributed by atoms with Gasteiger partial charge in [-0.15, -0.1) is 0 Å². The van der Waals surface area contributed by atoms with E-state index in [1.807, 2.05) is 19.1 Å². The van der Waals surface area contributed by atoms with Crippen molar-refractivity contribution in [1.29, 1.82) is 0 Å². The number of carbonyl (C=O) groups excluding carboxylic acids is 2. The first kappa shape index (κ1) is 17.5. The zero-order chi connectivity index (χ0) is 17.0. The highest BCUT2D eigenvalue weighted by Gasteiger charge is 2.22. The summed E-state index contributed by atoms with van der Waals surface area (Å²) in [5, 5.41) is 0. The van der Waals surface area contributed by atoms with Crippen LogP contribution in [0.3, 0.4) is 0 Å². The first-order valence-corrected chi connectivity index (χ1v) is 8.26. The zero-order valence-electron chi connectivity index (χ0n) is 14.5. The first-order valence-electron chi connectivity index (χ1n) is 8.26. The van der Waals surface area contributed by atoms with Crippen LogP contribution in [-0.2, 0) is 0 Å². The smallest absolute Gasteiger partial charge is 0.409 e. The fourth-order valence-electron chi connectivity index (χ4n) is 2.81. The molecule has 0 bridgehead atoms. The molecule has 0 aromatic heterocycles. The lowest BCUT2D eigenvalue weighted by Gasteiger charge is -2.25. The molecule has 1 amide bonds. The minimum Gasteiger partial charge on any atom is -0.409 e. The number of benzene rings is 1. The molecule has 1 heterocycles. The van der Waals surface area contributed by atoms with Crippen molar-refractivity contribution < 1.29 is 14.3 Å². The summed E-state index contributed by atoms with van der Waals surface area (Å²) in [6, 6.07) is 5.81. The van der Waals surface area contributed by atoms with Crippen molar-refractivity contribution >= 4 is 11.9 Å². The van der Waals surface area contributed by atoms with Gasteiger partial charge in [-0.2, -0.15) is 0 Å².